The highest BCUT2D eigenvalue weighted by atomic mass is 16.5. The zero-order valence-electron chi connectivity index (χ0n) is 14.7. The fraction of sp³-hybridized carbons (Fsp3) is 0.381. The second kappa shape index (κ2) is 8.04. The molecule has 2 aromatic carbocycles. The average molecular weight is 336 g/mol. The Labute approximate surface area is 149 Å². The normalized spacial score (nSPS) is 22.8. The summed E-state index contributed by atoms with van der Waals surface area (Å²) in [5, 5.41) is 12.5. The Kier molecular flexibility index (Phi) is 5.57. The van der Waals surface area contributed by atoms with Gasteiger partial charge in [-0.2, -0.15) is 5.26 Å². The number of piperidine rings is 1. The van der Waals surface area contributed by atoms with E-state index in [1.165, 1.54) is 5.56 Å². The Hall–Kier alpha value is -2.51. The molecule has 0 radical (unpaired) electrons. The van der Waals surface area contributed by atoms with E-state index in [0.29, 0.717) is 29.9 Å². The summed E-state index contributed by atoms with van der Waals surface area (Å²) in [6.45, 7) is 4.85. The molecule has 130 valence electrons. The minimum atomic E-state index is 0.378. The number of rotatable bonds is 5. The second-order valence-corrected chi connectivity index (χ2v) is 6.65. The molecule has 0 spiro atoms. The minimum absolute atomic E-state index is 0.378. The van der Waals surface area contributed by atoms with Crippen molar-refractivity contribution < 1.29 is 9.47 Å². The fourth-order valence-electron chi connectivity index (χ4n) is 3.66. The average Bonchev–Trinajstić information content (AvgIpc) is 2.67. The molecular weight excluding hydrogens is 312 g/mol. The molecular formula is C21H24N2O2. The monoisotopic (exact) mass is 336 g/mol. The molecule has 1 aliphatic rings. The Balaban J connectivity index is 1.74. The lowest BCUT2D eigenvalue weighted by atomic mass is 9.75. The molecule has 1 aliphatic heterocycles. The highest BCUT2D eigenvalue weighted by molar-refractivity contribution is 5.36. The molecule has 0 unspecified atom stereocenters. The number of benzene rings is 2. The first-order valence-electron chi connectivity index (χ1n) is 8.69. The van der Waals surface area contributed by atoms with Crippen molar-refractivity contribution in [1.82, 2.24) is 5.32 Å². The van der Waals surface area contributed by atoms with E-state index in [2.05, 4.69) is 30.4 Å². The number of nitrogens with one attached hydrogen (secondary N) is 1. The fourth-order valence-corrected chi connectivity index (χ4v) is 3.66. The molecule has 25 heavy (non-hydrogen) atoms. The first kappa shape index (κ1) is 17.3. The van der Waals surface area contributed by atoms with E-state index in [1.54, 1.807) is 19.2 Å². The number of nitriles is 1. The largest absolute Gasteiger partial charge is 0.497 e. The standard InChI is InChI=1S/C21H24N2O2/c1-15-12-23-13-18(14-25-20-5-3-4-16(10-20)11-22)21(15)17-6-8-19(24-2)9-7-17/h3-10,15,18,21,23H,12-14H2,1-2H3/t15-,18-,21-/m0/s1. The van der Waals surface area contributed by atoms with Crippen LogP contribution < -0.4 is 14.8 Å². The van der Waals surface area contributed by atoms with Crippen LogP contribution in [0.2, 0.25) is 0 Å². The first-order valence-corrected chi connectivity index (χ1v) is 8.69. The van der Waals surface area contributed by atoms with Gasteiger partial charge in [-0.05, 0) is 54.3 Å². The van der Waals surface area contributed by atoms with Crippen molar-refractivity contribution in [3.63, 3.8) is 0 Å². The third-order valence-electron chi connectivity index (χ3n) is 4.92. The highest BCUT2D eigenvalue weighted by Crippen LogP contribution is 2.35. The third kappa shape index (κ3) is 4.12. The molecule has 0 bridgehead atoms. The zero-order valence-corrected chi connectivity index (χ0v) is 14.7. The molecule has 4 nitrogen and oxygen atoms in total. The van der Waals surface area contributed by atoms with E-state index in [4.69, 9.17) is 14.7 Å². The predicted octanol–water partition coefficient (Wildman–Crippen LogP) is 3.58. The Bertz CT molecular complexity index is 736. The molecule has 3 atom stereocenters. The van der Waals surface area contributed by atoms with Gasteiger partial charge in [0, 0.05) is 12.5 Å². The number of nitrogens with zero attached hydrogens (tertiary/aromatic N) is 1. The van der Waals surface area contributed by atoms with Crippen LogP contribution in [0.5, 0.6) is 11.5 Å². The van der Waals surface area contributed by atoms with Gasteiger partial charge in [0.25, 0.3) is 0 Å². The van der Waals surface area contributed by atoms with Crippen molar-refractivity contribution in [3.8, 4) is 17.6 Å². The smallest absolute Gasteiger partial charge is 0.120 e. The quantitative estimate of drug-likeness (QED) is 0.907. The van der Waals surface area contributed by atoms with Gasteiger partial charge in [0.15, 0.2) is 0 Å². The van der Waals surface area contributed by atoms with Gasteiger partial charge in [0.05, 0.1) is 25.3 Å². The van der Waals surface area contributed by atoms with Gasteiger partial charge < -0.3 is 14.8 Å². The van der Waals surface area contributed by atoms with Crippen molar-refractivity contribution in [1.29, 1.82) is 5.26 Å². The van der Waals surface area contributed by atoms with E-state index in [-0.39, 0.29) is 0 Å². The number of hydrogen-bond donors (Lipinski definition) is 1. The lowest BCUT2D eigenvalue weighted by Crippen LogP contribution is -2.43. The molecule has 2 aromatic rings. The lowest BCUT2D eigenvalue weighted by Gasteiger charge is -2.37. The van der Waals surface area contributed by atoms with E-state index >= 15 is 0 Å². The maximum absolute atomic E-state index is 9.02. The molecule has 1 fully saturated rings. The molecule has 0 saturated carbocycles. The van der Waals surface area contributed by atoms with Crippen LogP contribution in [-0.4, -0.2) is 26.8 Å². The molecule has 1 saturated heterocycles. The summed E-state index contributed by atoms with van der Waals surface area (Å²) in [6, 6.07) is 17.9. The van der Waals surface area contributed by atoms with E-state index in [9.17, 15) is 0 Å². The molecule has 0 amide bonds. The van der Waals surface area contributed by atoms with Gasteiger partial charge in [-0.15, -0.1) is 0 Å². The molecule has 1 N–H and O–H groups in total. The Morgan fingerprint density at radius 2 is 1.92 bits per heavy atom. The highest BCUT2D eigenvalue weighted by Gasteiger charge is 2.32. The van der Waals surface area contributed by atoms with Crippen LogP contribution in [0.25, 0.3) is 0 Å². The Morgan fingerprint density at radius 3 is 2.64 bits per heavy atom. The van der Waals surface area contributed by atoms with E-state index < -0.39 is 0 Å². The van der Waals surface area contributed by atoms with Crippen molar-refractivity contribution in [2.24, 2.45) is 11.8 Å². The van der Waals surface area contributed by atoms with Crippen LogP contribution >= 0.6 is 0 Å². The molecule has 0 aromatic heterocycles. The topological polar surface area (TPSA) is 54.3 Å². The van der Waals surface area contributed by atoms with Crippen molar-refractivity contribution in [2.75, 3.05) is 26.8 Å². The van der Waals surface area contributed by atoms with Crippen molar-refractivity contribution >= 4 is 0 Å². The van der Waals surface area contributed by atoms with Crippen LogP contribution in [-0.2, 0) is 0 Å². The minimum Gasteiger partial charge on any atom is -0.497 e. The number of methoxy groups -OCH3 is 1. The SMILES string of the molecule is COc1ccc([C@H]2[C@H](COc3cccc(C#N)c3)CNC[C@@H]2C)cc1. The third-order valence-corrected chi connectivity index (χ3v) is 4.92. The van der Waals surface area contributed by atoms with Crippen molar-refractivity contribution in [2.45, 2.75) is 12.8 Å². The zero-order chi connectivity index (χ0) is 17.6. The van der Waals surface area contributed by atoms with Gasteiger partial charge in [-0.1, -0.05) is 25.1 Å². The summed E-state index contributed by atoms with van der Waals surface area (Å²) in [5.74, 6) is 2.98. The second-order valence-electron chi connectivity index (χ2n) is 6.65. The summed E-state index contributed by atoms with van der Waals surface area (Å²) < 4.78 is 11.3. The summed E-state index contributed by atoms with van der Waals surface area (Å²) in [4.78, 5) is 0. The van der Waals surface area contributed by atoms with Crippen LogP contribution in [0.4, 0.5) is 0 Å². The number of ether oxygens (including phenoxy) is 2. The van der Waals surface area contributed by atoms with Gasteiger partial charge in [0.2, 0.25) is 0 Å². The summed E-state index contributed by atoms with van der Waals surface area (Å²) in [6.07, 6.45) is 0. The van der Waals surface area contributed by atoms with Crippen LogP contribution in [0.1, 0.15) is 24.0 Å². The Morgan fingerprint density at radius 1 is 1.12 bits per heavy atom. The van der Waals surface area contributed by atoms with Gasteiger partial charge in [-0.25, -0.2) is 0 Å². The molecule has 4 heteroatoms. The molecule has 1 heterocycles. The summed E-state index contributed by atoms with van der Waals surface area (Å²) >= 11 is 0. The first-order chi connectivity index (χ1) is 12.2. The lowest BCUT2D eigenvalue weighted by molar-refractivity contribution is 0.166. The predicted molar refractivity (Wildman–Crippen MR) is 97.9 cm³/mol. The maximum Gasteiger partial charge on any atom is 0.120 e. The van der Waals surface area contributed by atoms with E-state index in [1.807, 2.05) is 24.3 Å². The van der Waals surface area contributed by atoms with Gasteiger partial charge in [-0.3, -0.25) is 0 Å². The van der Waals surface area contributed by atoms with Crippen LogP contribution in [0, 0.1) is 23.2 Å². The summed E-state index contributed by atoms with van der Waals surface area (Å²) in [7, 11) is 1.69. The van der Waals surface area contributed by atoms with Gasteiger partial charge in [0.1, 0.15) is 11.5 Å². The van der Waals surface area contributed by atoms with Gasteiger partial charge >= 0.3 is 0 Å². The van der Waals surface area contributed by atoms with Crippen molar-refractivity contribution in [3.05, 3.63) is 59.7 Å². The van der Waals surface area contributed by atoms with E-state index in [0.717, 1.165) is 24.6 Å². The maximum atomic E-state index is 9.02. The summed E-state index contributed by atoms with van der Waals surface area (Å²) in [5.41, 5.74) is 1.95. The molecule has 3 rings (SSSR count). The molecule has 0 aliphatic carbocycles. The van der Waals surface area contributed by atoms with Crippen LogP contribution in [0.3, 0.4) is 0 Å². The van der Waals surface area contributed by atoms with Crippen LogP contribution in [0.15, 0.2) is 48.5 Å². The number of hydrogen-bond acceptors (Lipinski definition) is 4.